The van der Waals surface area contributed by atoms with Crippen molar-refractivity contribution in [2.45, 2.75) is 24.8 Å². The Morgan fingerprint density at radius 3 is 2.72 bits per heavy atom. The van der Waals surface area contributed by atoms with Crippen LogP contribution in [-0.4, -0.2) is 60.4 Å². The van der Waals surface area contributed by atoms with Crippen molar-refractivity contribution in [1.29, 1.82) is 0 Å². The van der Waals surface area contributed by atoms with Gasteiger partial charge in [-0.2, -0.15) is 0 Å². The first-order chi connectivity index (χ1) is 17.0. The summed E-state index contributed by atoms with van der Waals surface area (Å²) in [5.41, 5.74) is 0.850. The average molecular weight is 518 g/mol. The fourth-order valence-corrected chi connectivity index (χ4v) is 5.99. The van der Waals surface area contributed by atoms with E-state index in [0.717, 1.165) is 0 Å². The number of likely N-dealkylation sites (tertiary alicyclic amines) is 1. The Hall–Kier alpha value is -3.71. The maximum absolute atomic E-state index is 13.6. The van der Waals surface area contributed by atoms with Crippen LogP contribution in [0.4, 0.5) is 10.1 Å². The largest absolute Gasteiger partial charge is 0.489 e. The zero-order chi connectivity index (χ0) is 25.8. The molecule has 5 rings (SSSR count). The molecule has 0 bridgehead atoms. The van der Waals surface area contributed by atoms with E-state index in [0.29, 0.717) is 17.1 Å². The van der Waals surface area contributed by atoms with Crippen molar-refractivity contribution in [3.8, 4) is 5.75 Å². The van der Waals surface area contributed by atoms with E-state index in [1.807, 2.05) is 0 Å². The van der Waals surface area contributed by atoms with Gasteiger partial charge >= 0.3 is 0 Å². The molecule has 0 unspecified atom stereocenters. The van der Waals surface area contributed by atoms with E-state index < -0.39 is 27.8 Å². The summed E-state index contributed by atoms with van der Waals surface area (Å²) in [7, 11) is -2.55. The fourth-order valence-electron chi connectivity index (χ4n) is 4.50. The van der Waals surface area contributed by atoms with Crippen LogP contribution in [0.1, 0.15) is 32.4 Å². The first-order valence-corrected chi connectivity index (χ1v) is 12.6. The summed E-state index contributed by atoms with van der Waals surface area (Å²) in [5.74, 6) is -1.48. The maximum Gasteiger partial charge on any atom is 0.276 e. The first kappa shape index (κ1) is 24.0. The second-order valence-electron chi connectivity index (χ2n) is 8.96. The number of amides is 2. The fraction of sp³-hybridized carbons (Fsp3) is 0.348. The van der Waals surface area contributed by atoms with Crippen LogP contribution in [0.2, 0.25) is 0 Å². The number of ether oxygens (including phenoxy) is 1. The average Bonchev–Trinajstić information content (AvgIpc) is 3.50. The molecule has 190 valence electrons. The summed E-state index contributed by atoms with van der Waals surface area (Å²) < 4.78 is 55.2. The molecule has 2 aromatic heterocycles. The summed E-state index contributed by atoms with van der Waals surface area (Å²) in [6.07, 6.45) is 2.57. The molecule has 0 spiro atoms. The normalized spacial score (nSPS) is 20.6. The zero-order valence-corrected chi connectivity index (χ0v) is 20.6. The number of carbonyl (C=O) groups is 2. The molecule has 36 heavy (non-hydrogen) atoms. The van der Waals surface area contributed by atoms with Crippen LogP contribution < -0.4 is 14.8 Å². The molecule has 0 radical (unpaired) electrons. The molecule has 1 saturated heterocycles. The van der Waals surface area contributed by atoms with Crippen LogP contribution in [0.15, 0.2) is 40.0 Å². The summed E-state index contributed by atoms with van der Waals surface area (Å²) in [6, 6.07) is 3.54. The third-order valence-electron chi connectivity index (χ3n) is 6.34. The van der Waals surface area contributed by atoms with Gasteiger partial charge in [0.15, 0.2) is 23.0 Å². The van der Waals surface area contributed by atoms with Crippen molar-refractivity contribution < 1.29 is 31.6 Å². The lowest BCUT2D eigenvalue weighted by Gasteiger charge is -2.23. The predicted molar refractivity (Wildman–Crippen MR) is 125 cm³/mol. The minimum Gasteiger partial charge on any atom is -0.489 e. The van der Waals surface area contributed by atoms with Crippen LogP contribution in [0.3, 0.4) is 0 Å². The number of carbonyl (C=O) groups excluding carboxylic acids is 2. The van der Waals surface area contributed by atoms with Gasteiger partial charge in [-0.25, -0.2) is 22.5 Å². The highest BCUT2D eigenvalue weighted by atomic mass is 32.2. The van der Waals surface area contributed by atoms with Crippen molar-refractivity contribution in [1.82, 2.24) is 19.2 Å². The van der Waals surface area contributed by atoms with Crippen molar-refractivity contribution in [2.24, 2.45) is 13.0 Å². The summed E-state index contributed by atoms with van der Waals surface area (Å²) >= 11 is 0. The van der Waals surface area contributed by atoms with Crippen LogP contribution in [0.25, 0.3) is 0 Å². The standard InChI is InChI=1S/C23H24FN5O6S/c1-12-6-15(4-5-16(12)24)26-22(30)20-21-19(9-28(20)3)36(32,33)27-17-8-29(7-14(17)10-35-21)23(31)18-11-34-13(2)25-18/h4-6,9,11,14,17,27H,7-8,10H2,1-3H3,(H,26,30)/t14-,17-/m0/s1. The third kappa shape index (κ3) is 4.24. The molecule has 11 nitrogen and oxygen atoms in total. The smallest absolute Gasteiger partial charge is 0.276 e. The molecule has 13 heteroatoms. The van der Waals surface area contributed by atoms with Crippen LogP contribution in [-0.2, 0) is 17.1 Å². The van der Waals surface area contributed by atoms with Gasteiger partial charge < -0.3 is 23.9 Å². The van der Waals surface area contributed by atoms with Gasteiger partial charge in [0.1, 0.15) is 17.0 Å². The topological polar surface area (TPSA) is 136 Å². The zero-order valence-electron chi connectivity index (χ0n) is 19.7. The Kier molecular flexibility index (Phi) is 5.83. The molecule has 2 aliphatic rings. The van der Waals surface area contributed by atoms with Gasteiger partial charge in [-0.15, -0.1) is 0 Å². The van der Waals surface area contributed by atoms with Gasteiger partial charge in [0.25, 0.3) is 11.8 Å². The molecular weight excluding hydrogens is 493 g/mol. The van der Waals surface area contributed by atoms with Gasteiger partial charge in [0.05, 0.1) is 6.61 Å². The van der Waals surface area contributed by atoms with Crippen LogP contribution >= 0.6 is 0 Å². The number of sulfonamides is 1. The third-order valence-corrected chi connectivity index (χ3v) is 7.82. The van der Waals surface area contributed by atoms with E-state index in [9.17, 15) is 22.4 Å². The number of aryl methyl sites for hydroxylation is 3. The van der Waals surface area contributed by atoms with Crippen LogP contribution in [0.5, 0.6) is 5.75 Å². The minimum absolute atomic E-state index is 0.000181. The lowest BCUT2D eigenvalue weighted by molar-refractivity contribution is 0.0776. The number of aromatic nitrogens is 2. The summed E-state index contributed by atoms with van der Waals surface area (Å²) in [5, 5.41) is 2.66. The Balaban J connectivity index is 1.41. The number of benzene rings is 1. The van der Waals surface area contributed by atoms with E-state index in [2.05, 4.69) is 15.0 Å². The molecule has 0 saturated carbocycles. The van der Waals surface area contributed by atoms with Crippen molar-refractivity contribution in [2.75, 3.05) is 25.0 Å². The first-order valence-electron chi connectivity index (χ1n) is 11.2. The number of fused-ring (bicyclic) bond motifs is 2. The van der Waals surface area contributed by atoms with E-state index in [-0.39, 0.29) is 53.6 Å². The maximum atomic E-state index is 13.6. The number of halogens is 1. The number of nitrogens with zero attached hydrogens (tertiary/aromatic N) is 3. The van der Waals surface area contributed by atoms with E-state index >= 15 is 0 Å². The van der Waals surface area contributed by atoms with Gasteiger partial charge in [-0.3, -0.25) is 9.59 Å². The van der Waals surface area contributed by atoms with Gasteiger partial charge in [0.2, 0.25) is 10.0 Å². The van der Waals surface area contributed by atoms with Gasteiger partial charge in [-0.1, -0.05) is 0 Å². The van der Waals surface area contributed by atoms with Crippen molar-refractivity contribution >= 4 is 27.5 Å². The van der Waals surface area contributed by atoms with Crippen molar-refractivity contribution in [3.05, 3.63) is 59.3 Å². The molecule has 2 amide bonds. The summed E-state index contributed by atoms with van der Waals surface area (Å²) in [6.45, 7) is 3.63. The number of rotatable bonds is 3. The Bertz CT molecular complexity index is 1480. The predicted octanol–water partition coefficient (Wildman–Crippen LogP) is 1.83. The van der Waals surface area contributed by atoms with Gasteiger partial charge in [-0.05, 0) is 30.7 Å². The van der Waals surface area contributed by atoms with Crippen molar-refractivity contribution in [3.63, 3.8) is 0 Å². The number of hydrogen-bond acceptors (Lipinski definition) is 7. The lowest BCUT2D eigenvalue weighted by Crippen LogP contribution is -2.43. The highest BCUT2D eigenvalue weighted by Crippen LogP contribution is 2.35. The number of oxazole rings is 1. The molecule has 0 aliphatic carbocycles. The van der Waals surface area contributed by atoms with Crippen LogP contribution in [0, 0.1) is 25.6 Å². The Morgan fingerprint density at radius 2 is 2.03 bits per heavy atom. The second-order valence-corrected chi connectivity index (χ2v) is 10.6. The molecule has 1 fully saturated rings. The molecule has 1 aromatic carbocycles. The molecular formula is C23H24FN5O6S. The summed E-state index contributed by atoms with van der Waals surface area (Å²) in [4.78, 5) is 31.3. The Morgan fingerprint density at radius 1 is 1.25 bits per heavy atom. The number of hydrogen-bond donors (Lipinski definition) is 2. The van der Waals surface area contributed by atoms with E-state index in [1.165, 1.54) is 47.2 Å². The second kappa shape index (κ2) is 8.75. The number of nitrogens with one attached hydrogen (secondary N) is 2. The number of anilines is 1. The molecule has 2 N–H and O–H groups in total. The van der Waals surface area contributed by atoms with Gasteiger partial charge in [0, 0.05) is 50.9 Å². The monoisotopic (exact) mass is 517 g/mol. The Labute approximate surface area is 206 Å². The minimum atomic E-state index is -4.08. The van der Waals surface area contributed by atoms with E-state index in [4.69, 9.17) is 9.15 Å². The highest BCUT2D eigenvalue weighted by Gasteiger charge is 2.42. The highest BCUT2D eigenvalue weighted by molar-refractivity contribution is 7.89. The quantitative estimate of drug-likeness (QED) is 0.541. The molecule has 2 atom stereocenters. The molecule has 3 aromatic rings. The van der Waals surface area contributed by atoms with E-state index in [1.54, 1.807) is 13.8 Å². The molecule has 4 heterocycles. The SMILES string of the molecule is Cc1nc(C(=O)N2C[C@H]3COc4c(cn(C)c4C(=O)Nc4ccc(F)c(C)c4)S(=O)(=O)N[C@H]3C2)co1. The molecule has 2 aliphatic heterocycles. The lowest BCUT2D eigenvalue weighted by atomic mass is 10.1.